The molecule has 1 atom stereocenters. The average molecular weight is 337 g/mol. The van der Waals surface area contributed by atoms with Crippen molar-refractivity contribution in [3.8, 4) is 11.8 Å². The fraction of sp³-hybridized carbons (Fsp3) is 0.421. The second-order valence-electron chi connectivity index (χ2n) is 6.80. The molecule has 0 saturated carbocycles. The molecule has 3 heterocycles. The van der Waals surface area contributed by atoms with Gasteiger partial charge < -0.3 is 10.2 Å². The number of amides is 3. The van der Waals surface area contributed by atoms with Gasteiger partial charge in [-0.3, -0.25) is 19.7 Å². The normalized spacial score (nSPS) is 22.8. The largest absolute Gasteiger partial charge is 0.322 e. The minimum atomic E-state index is -0.571. The summed E-state index contributed by atoms with van der Waals surface area (Å²) in [6.07, 6.45) is 1.53. The van der Waals surface area contributed by atoms with Gasteiger partial charge in [0.25, 0.3) is 5.91 Å². The van der Waals surface area contributed by atoms with E-state index in [9.17, 15) is 14.4 Å². The quantitative estimate of drug-likeness (QED) is 0.605. The molecule has 1 unspecified atom stereocenters. The van der Waals surface area contributed by atoms with E-state index >= 15 is 0 Å². The van der Waals surface area contributed by atoms with Crippen molar-refractivity contribution in [3.05, 3.63) is 34.9 Å². The minimum absolute atomic E-state index is 0.149. The van der Waals surface area contributed by atoms with Crippen LogP contribution in [0.4, 0.5) is 0 Å². The number of hydrogen-bond donors (Lipinski definition) is 2. The van der Waals surface area contributed by atoms with Gasteiger partial charge in [-0.05, 0) is 36.1 Å². The molecule has 3 amide bonds. The molecule has 0 radical (unpaired) electrons. The highest BCUT2D eigenvalue weighted by Gasteiger charge is 2.38. The monoisotopic (exact) mass is 337 g/mol. The van der Waals surface area contributed by atoms with Crippen LogP contribution in [0.2, 0.25) is 0 Å². The average Bonchev–Trinajstić information content (AvgIpc) is 2.86. The van der Waals surface area contributed by atoms with Gasteiger partial charge in [0, 0.05) is 43.6 Å². The Bertz CT molecular complexity index is 817. The highest BCUT2D eigenvalue weighted by atomic mass is 16.2. The van der Waals surface area contributed by atoms with E-state index in [0.29, 0.717) is 24.4 Å². The van der Waals surface area contributed by atoms with Crippen molar-refractivity contribution >= 4 is 17.7 Å². The van der Waals surface area contributed by atoms with Crippen molar-refractivity contribution in [3.63, 3.8) is 0 Å². The molecule has 2 N–H and O–H groups in total. The highest BCUT2D eigenvalue weighted by Crippen LogP contribution is 2.28. The van der Waals surface area contributed by atoms with E-state index in [0.717, 1.165) is 30.6 Å². The van der Waals surface area contributed by atoms with E-state index < -0.39 is 6.04 Å². The third kappa shape index (κ3) is 3.03. The molecule has 6 heteroatoms. The molecule has 3 aliphatic heterocycles. The van der Waals surface area contributed by atoms with Crippen molar-refractivity contribution in [2.75, 3.05) is 13.1 Å². The Morgan fingerprint density at radius 3 is 2.76 bits per heavy atom. The van der Waals surface area contributed by atoms with Crippen molar-refractivity contribution < 1.29 is 14.4 Å². The van der Waals surface area contributed by atoms with Gasteiger partial charge in [0.05, 0.1) is 0 Å². The van der Waals surface area contributed by atoms with Crippen LogP contribution in [0.1, 0.15) is 40.7 Å². The zero-order chi connectivity index (χ0) is 17.4. The van der Waals surface area contributed by atoms with Crippen molar-refractivity contribution in [2.24, 2.45) is 5.92 Å². The molecule has 0 bridgehead atoms. The van der Waals surface area contributed by atoms with E-state index in [2.05, 4.69) is 22.5 Å². The molecular formula is C19H19N3O3. The lowest BCUT2D eigenvalue weighted by molar-refractivity contribution is -0.136. The van der Waals surface area contributed by atoms with E-state index in [1.54, 1.807) is 11.0 Å². The summed E-state index contributed by atoms with van der Waals surface area (Å²) in [4.78, 5) is 37.5. The van der Waals surface area contributed by atoms with Crippen LogP contribution in [0.5, 0.6) is 0 Å². The number of rotatable bonds is 2. The number of benzene rings is 1. The maximum absolute atomic E-state index is 12.6. The zero-order valence-electron chi connectivity index (χ0n) is 13.8. The molecule has 128 valence electrons. The molecular weight excluding hydrogens is 318 g/mol. The Balaban J connectivity index is 1.49. The van der Waals surface area contributed by atoms with E-state index in [-0.39, 0.29) is 24.1 Å². The first-order chi connectivity index (χ1) is 12.1. The molecule has 25 heavy (non-hydrogen) atoms. The van der Waals surface area contributed by atoms with Gasteiger partial charge in [0.1, 0.15) is 6.04 Å². The van der Waals surface area contributed by atoms with Crippen LogP contribution in [0.3, 0.4) is 0 Å². The van der Waals surface area contributed by atoms with Crippen LogP contribution < -0.4 is 10.6 Å². The molecule has 1 aromatic rings. The molecule has 0 aromatic heterocycles. The minimum Gasteiger partial charge on any atom is -0.322 e. The maximum Gasteiger partial charge on any atom is 0.255 e. The third-order valence-electron chi connectivity index (χ3n) is 5.01. The van der Waals surface area contributed by atoms with Crippen molar-refractivity contribution in [2.45, 2.75) is 31.8 Å². The molecule has 2 saturated heterocycles. The predicted octanol–water partition coefficient (Wildman–Crippen LogP) is 0.409. The van der Waals surface area contributed by atoms with Crippen molar-refractivity contribution in [1.29, 1.82) is 0 Å². The van der Waals surface area contributed by atoms with Crippen LogP contribution in [-0.4, -0.2) is 41.8 Å². The number of nitrogens with one attached hydrogen (secondary N) is 2. The Labute approximate surface area is 146 Å². The Hall–Kier alpha value is -2.65. The maximum atomic E-state index is 12.6. The number of fused-ring (bicyclic) bond motifs is 1. The summed E-state index contributed by atoms with van der Waals surface area (Å²) in [5.74, 6) is 6.21. The molecule has 1 aromatic carbocycles. The summed E-state index contributed by atoms with van der Waals surface area (Å²) in [7, 11) is 0. The topological polar surface area (TPSA) is 78.5 Å². The van der Waals surface area contributed by atoms with Crippen LogP contribution in [-0.2, 0) is 16.1 Å². The first-order valence-electron chi connectivity index (χ1n) is 8.59. The van der Waals surface area contributed by atoms with E-state index in [4.69, 9.17) is 0 Å². The number of carbonyl (C=O) groups is 3. The van der Waals surface area contributed by atoms with Gasteiger partial charge >= 0.3 is 0 Å². The lowest BCUT2D eigenvalue weighted by atomic mass is 9.99. The third-order valence-corrected chi connectivity index (χ3v) is 5.01. The molecule has 4 rings (SSSR count). The summed E-state index contributed by atoms with van der Waals surface area (Å²) < 4.78 is 0. The number of hydrogen-bond acceptors (Lipinski definition) is 4. The first-order valence-corrected chi connectivity index (χ1v) is 8.59. The molecule has 3 aliphatic rings. The first kappa shape index (κ1) is 15.9. The predicted molar refractivity (Wildman–Crippen MR) is 90.3 cm³/mol. The fourth-order valence-corrected chi connectivity index (χ4v) is 3.44. The number of imide groups is 1. The molecule has 6 nitrogen and oxygen atoms in total. The summed E-state index contributed by atoms with van der Waals surface area (Å²) in [5.41, 5.74) is 2.41. The second-order valence-corrected chi connectivity index (χ2v) is 6.80. The Morgan fingerprint density at radius 1 is 1.20 bits per heavy atom. The Morgan fingerprint density at radius 2 is 2.04 bits per heavy atom. The molecule has 0 spiro atoms. The smallest absolute Gasteiger partial charge is 0.255 e. The summed E-state index contributed by atoms with van der Waals surface area (Å²) in [5, 5.41) is 5.54. The number of carbonyl (C=O) groups excluding carboxylic acids is 3. The zero-order valence-corrected chi connectivity index (χ0v) is 13.8. The summed E-state index contributed by atoms with van der Waals surface area (Å²) in [6, 6.07) is 5.01. The summed E-state index contributed by atoms with van der Waals surface area (Å²) >= 11 is 0. The van der Waals surface area contributed by atoms with Crippen LogP contribution >= 0.6 is 0 Å². The SMILES string of the molecule is O=C1CCC(N2Cc3cc(C#CCC4CNC4)ccc3C2=O)C(=O)N1. The standard InChI is InChI=1S/C19H19N3O3/c23-17-7-6-16(18(24)21-17)22-11-14-8-12(4-5-15(14)19(22)25)2-1-3-13-9-20-10-13/h4-5,8,13,16,20H,3,6-7,9-11H2,(H,21,23,24). The lowest BCUT2D eigenvalue weighted by Crippen LogP contribution is -2.52. The number of piperidine rings is 1. The molecule has 0 aliphatic carbocycles. The van der Waals surface area contributed by atoms with Crippen LogP contribution in [0.25, 0.3) is 0 Å². The van der Waals surface area contributed by atoms with Gasteiger partial charge in [-0.25, -0.2) is 0 Å². The van der Waals surface area contributed by atoms with Crippen LogP contribution in [0.15, 0.2) is 18.2 Å². The van der Waals surface area contributed by atoms with Gasteiger partial charge in [-0.15, -0.1) is 0 Å². The Kier molecular flexibility index (Phi) is 4.02. The van der Waals surface area contributed by atoms with E-state index in [1.807, 2.05) is 12.1 Å². The molecule has 2 fully saturated rings. The number of nitrogens with zero attached hydrogens (tertiary/aromatic N) is 1. The van der Waals surface area contributed by atoms with E-state index in [1.165, 1.54) is 0 Å². The lowest BCUT2D eigenvalue weighted by Gasteiger charge is -2.29. The van der Waals surface area contributed by atoms with Gasteiger partial charge in [0.15, 0.2) is 0 Å². The van der Waals surface area contributed by atoms with Gasteiger partial charge in [0.2, 0.25) is 11.8 Å². The second kappa shape index (κ2) is 6.34. The summed E-state index contributed by atoms with van der Waals surface area (Å²) in [6.45, 7) is 2.46. The fourth-order valence-electron chi connectivity index (χ4n) is 3.44. The highest BCUT2D eigenvalue weighted by molar-refractivity contribution is 6.05. The van der Waals surface area contributed by atoms with Crippen LogP contribution in [0, 0.1) is 17.8 Å². The van der Waals surface area contributed by atoms with Crippen molar-refractivity contribution in [1.82, 2.24) is 15.5 Å². The van der Waals surface area contributed by atoms with Gasteiger partial charge in [-0.1, -0.05) is 11.8 Å². The van der Waals surface area contributed by atoms with Gasteiger partial charge in [-0.2, -0.15) is 0 Å².